The van der Waals surface area contributed by atoms with Gasteiger partial charge in [-0.1, -0.05) is 6.07 Å². The Kier molecular flexibility index (Phi) is 19.1. The van der Waals surface area contributed by atoms with Crippen molar-refractivity contribution in [1.29, 1.82) is 0 Å². The van der Waals surface area contributed by atoms with E-state index in [0.29, 0.717) is 0 Å². The van der Waals surface area contributed by atoms with Crippen molar-refractivity contribution in [2.24, 2.45) is 9.98 Å². The molecule has 0 aliphatic carbocycles. The first-order valence-electron chi connectivity index (χ1n) is 10.2. The van der Waals surface area contributed by atoms with Crippen LogP contribution in [0.25, 0.3) is 0 Å². The van der Waals surface area contributed by atoms with Gasteiger partial charge in [0.2, 0.25) is 0 Å². The Hall–Kier alpha value is -0.836. The van der Waals surface area contributed by atoms with E-state index in [9.17, 15) is 0 Å². The smallest absolute Gasteiger partial charge is 0.308 e. The van der Waals surface area contributed by atoms with E-state index in [2.05, 4.69) is 23.9 Å². The molecule has 2 heterocycles. The van der Waals surface area contributed by atoms with E-state index in [4.69, 9.17) is 52.2 Å². The molecule has 0 saturated carbocycles. The molecular formula is C19H31Cl2N5NiO8. The van der Waals surface area contributed by atoms with Crippen molar-refractivity contribution in [3.63, 3.8) is 0 Å². The quantitative estimate of drug-likeness (QED) is 0.302. The molecule has 0 radical (unpaired) electrons. The fourth-order valence-corrected chi connectivity index (χ4v) is 2.76. The summed E-state index contributed by atoms with van der Waals surface area (Å²) in [6.45, 7) is 10.2. The van der Waals surface area contributed by atoms with Crippen molar-refractivity contribution < 1.29 is 74.2 Å². The molecule has 0 aromatic carbocycles. The maximum absolute atomic E-state index is 8.49. The van der Waals surface area contributed by atoms with Gasteiger partial charge in [-0.05, 0) is 66.0 Å². The summed E-state index contributed by atoms with van der Waals surface area (Å²) in [5.74, 6) is 0. The number of pyridine rings is 1. The van der Waals surface area contributed by atoms with Gasteiger partial charge < -0.3 is 9.80 Å². The third-order valence-corrected chi connectivity index (χ3v) is 4.32. The molecule has 35 heavy (non-hydrogen) atoms. The maximum atomic E-state index is 8.49. The molecule has 1 aliphatic heterocycles. The molecule has 0 fully saturated rings. The van der Waals surface area contributed by atoms with Gasteiger partial charge in [-0.15, -0.1) is 20.5 Å². The van der Waals surface area contributed by atoms with Crippen LogP contribution in [-0.4, -0.2) is 79.6 Å². The number of hydrogen-bond acceptors (Lipinski definition) is 13. The van der Waals surface area contributed by atoms with Crippen molar-refractivity contribution in [2.45, 2.75) is 26.7 Å². The van der Waals surface area contributed by atoms with Crippen LogP contribution in [0.5, 0.6) is 0 Å². The number of aromatic nitrogens is 1. The number of likely N-dealkylation sites (N-methyl/N-ethyl adjacent to an activating group) is 1. The fourth-order valence-electron chi connectivity index (χ4n) is 2.76. The van der Waals surface area contributed by atoms with Crippen LogP contribution in [0.1, 0.15) is 38.1 Å². The second-order valence-electron chi connectivity index (χ2n) is 7.45. The average Bonchev–Trinajstić information content (AvgIpc) is 2.68. The summed E-state index contributed by atoms with van der Waals surface area (Å²) in [5, 5.41) is 0. The first kappa shape index (κ1) is 36.3. The molecule has 13 nitrogen and oxygen atoms in total. The van der Waals surface area contributed by atoms with E-state index in [1.807, 2.05) is 32.0 Å². The molecule has 0 saturated heterocycles. The Morgan fingerprint density at radius 2 is 1.17 bits per heavy atom. The van der Waals surface area contributed by atoms with Gasteiger partial charge >= 0.3 is 16.5 Å². The number of rotatable bonds is 3. The summed E-state index contributed by atoms with van der Waals surface area (Å²) in [4.78, 5) is 18.9. The Balaban J connectivity index is 0. The zero-order chi connectivity index (χ0) is 26.4. The van der Waals surface area contributed by atoms with Crippen LogP contribution in [-0.2, 0) is 16.5 Å². The van der Waals surface area contributed by atoms with Crippen LogP contribution < -0.4 is 37.3 Å². The first-order valence-corrected chi connectivity index (χ1v) is 12.6. The summed E-state index contributed by atoms with van der Waals surface area (Å²) >= 11 is 0. The van der Waals surface area contributed by atoms with Gasteiger partial charge in [0.25, 0.3) is 0 Å². The predicted molar refractivity (Wildman–Crippen MR) is 103 cm³/mol. The molecular weight excluding hydrogens is 556 g/mol. The van der Waals surface area contributed by atoms with Gasteiger partial charge in [-0.25, -0.2) is 42.3 Å². The third kappa shape index (κ3) is 24.6. The molecule has 0 amide bonds. The summed E-state index contributed by atoms with van der Waals surface area (Å²) in [6, 6.07) is 6.11. The summed E-state index contributed by atoms with van der Waals surface area (Å²) in [5.41, 5.74) is 3.95. The third-order valence-electron chi connectivity index (χ3n) is 4.32. The topological polar surface area (TPSA) is 229 Å². The molecule has 16 heteroatoms. The largest absolute Gasteiger partial charge is 2.00 e. The zero-order valence-corrected chi connectivity index (χ0v) is 22.5. The van der Waals surface area contributed by atoms with E-state index in [0.717, 1.165) is 74.9 Å². The van der Waals surface area contributed by atoms with Crippen molar-refractivity contribution in [2.75, 3.05) is 53.4 Å². The molecule has 0 unspecified atom stereocenters. The number of aliphatic imine (C=N–C) groups is 2. The van der Waals surface area contributed by atoms with Crippen molar-refractivity contribution in [3.05, 3.63) is 29.6 Å². The average molecular weight is 587 g/mol. The van der Waals surface area contributed by atoms with Gasteiger partial charge in [-0.2, -0.15) is 0 Å². The van der Waals surface area contributed by atoms with E-state index < -0.39 is 20.5 Å². The molecule has 2 bridgehead atoms. The number of hydrogen-bond donors (Lipinski definition) is 0. The number of fused-ring (bicyclic) bond motifs is 2. The van der Waals surface area contributed by atoms with Crippen LogP contribution in [0.4, 0.5) is 0 Å². The van der Waals surface area contributed by atoms with Crippen LogP contribution in [0.15, 0.2) is 28.2 Å². The molecule has 0 spiro atoms. The molecule has 1 aromatic rings. The zero-order valence-electron chi connectivity index (χ0n) is 20.0. The maximum Gasteiger partial charge on any atom is 2.00 e. The second-order valence-corrected chi connectivity index (χ2v) is 8.96. The molecule has 0 atom stereocenters. The standard InChI is InChI=1S/C19H31N5.2ClHO4.Ni/c1-16-18-8-5-9-19(22-18)17(2)21-11-7-13-24(12-6-10-20-16)15-14-23(3)4;2*2-1(3,4)5;/h5,8-9H,6-7,10-15H2,1-4H3;2*(H,2,3,4,5);/q;;;+2/p-2. The minimum Gasteiger partial charge on any atom is -0.308 e. The van der Waals surface area contributed by atoms with Crippen LogP contribution in [0.3, 0.4) is 0 Å². The van der Waals surface area contributed by atoms with Gasteiger partial charge in [0, 0.05) is 26.2 Å². The Bertz CT molecular complexity index is 711. The molecule has 204 valence electrons. The van der Waals surface area contributed by atoms with Gasteiger partial charge in [0.05, 0.1) is 22.8 Å². The summed E-state index contributed by atoms with van der Waals surface area (Å²) in [6.07, 6.45) is 2.18. The Morgan fingerprint density at radius 3 is 1.51 bits per heavy atom. The SMILES string of the molecule is CC1=NCCCN(CCN(C)C)CCCN=C(C)c2cccc1n2.[Ni+2].[O-][Cl+3]([O-])([O-])[O-].[O-][Cl+3]([O-])([O-])[O-]. The van der Waals surface area contributed by atoms with E-state index in [1.54, 1.807) is 0 Å². The van der Waals surface area contributed by atoms with Gasteiger partial charge in [0.1, 0.15) is 0 Å². The van der Waals surface area contributed by atoms with Crippen molar-refractivity contribution in [3.8, 4) is 0 Å². The van der Waals surface area contributed by atoms with Gasteiger partial charge in [0.15, 0.2) is 0 Å². The predicted octanol–water partition coefficient (Wildman–Crippen LogP) is -7.16. The first-order chi connectivity index (χ1) is 15.6. The second kappa shape index (κ2) is 18.4. The summed E-state index contributed by atoms with van der Waals surface area (Å²) in [7, 11) is -5.63. The normalized spacial score (nSPS) is 15.8. The Morgan fingerprint density at radius 1 is 0.800 bits per heavy atom. The minimum absolute atomic E-state index is 0. The van der Waals surface area contributed by atoms with Crippen LogP contribution in [0.2, 0.25) is 0 Å². The number of halogens is 2. The number of nitrogens with zero attached hydrogens (tertiary/aromatic N) is 5. The molecule has 2 rings (SSSR count). The Labute approximate surface area is 219 Å². The van der Waals surface area contributed by atoms with Crippen LogP contribution >= 0.6 is 0 Å². The van der Waals surface area contributed by atoms with Crippen LogP contribution in [0, 0.1) is 20.5 Å². The minimum atomic E-state index is -4.94. The van der Waals surface area contributed by atoms with E-state index in [-0.39, 0.29) is 16.5 Å². The summed E-state index contributed by atoms with van der Waals surface area (Å²) < 4.78 is 67.9. The molecule has 1 aromatic heterocycles. The van der Waals surface area contributed by atoms with Crippen molar-refractivity contribution in [1.82, 2.24) is 14.8 Å². The molecule has 0 N–H and O–H groups in total. The fraction of sp³-hybridized carbons (Fsp3) is 0.632. The monoisotopic (exact) mass is 585 g/mol. The molecule has 1 aliphatic rings. The van der Waals surface area contributed by atoms with E-state index >= 15 is 0 Å². The van der Waals surface area contributed by atoms with Gasteiger partial charge in [-0.3, -0.25) is 9.98 Å². The van der Waals surface area contributed by atoms with E-state index in [1.165, 1.54) is 0 Å². The van der Waals surface area contributed by atoms with Crippen molar-refractivity contribution >= 4 is 11.4 Å².